The fourth-order valence-corrected chi connectivity index (χ4v) is 4.78. The molecule has 0 radical (unpaired) electrons. The van der Waals surface area contributed by atoms with Crippen LogP contribution in [-0.4, -0.2) is 25.6 Å². The molecule has 0 saturated heterocycles. The molecule has 1 aromatic carbocycles. The van der Waals surface area contributed by atoms with Crippen LogP contribution in [0.3, 0.4) is 0 Å². The Balaban J connectivity index is 1.92. The Hall–Kier alpha value is -1.77. The lowest BCUT2D eigenvalue weighted by Crippen LogP contribution is -2.36. The number of imidazole rings is 1. The topological polar surface area (TPSA) is 67.7 Å². The van der Waals surface area contributed by atoms with Gasteiger partial charge in [0.05, 0.1) is 11.9 Å². The van der Waals surface area contributed by atoms with Gasteiger partial charge in [0.2, 0.25) is 11.9 Å². The maximum atomic E-state index is 4.79. The Labute approximate surface area is 184 Å². The van der Waals surface area contributed by atoms with Crippen molar-refractivity contribution in [3.63, 3.8) is 0 Å². The highest BCUT2D eigenvalue weighted by Gasteiger charge is 2.27. The minimum absolute atomic E-state index is 0.170. The van der Waals surface area contributed by atoms with Crippen LogP contribution in [0.4, 0.5) is 17.6 Å². The molecule has 0 amide bonds. The highest BCUT2D eigenvalue weighted by Crippen LogP contribution is 2.30. The number of hydrogen-bond donors (Lipinski definition) is 2. The maximum absolute atomic E-state index is 4.79. The molecule has 162 valence electrons. The van der Waals surface area contributed by atoms with E-state index in [4.69, 9.17) is 9.97 Å². The van der Waals surface area contributed by atoms with Crippen molar-refractivity contribution in [2.24, 2.45) is 12.5 Å². The van der Waals surface area contributed by atoms with Crippen LogP contribution < -0.4 is 21.2 Å². The van der Waals surface area contributed by atoms with Crippen LogP contribution in [0, 0.1) is 12.3 Å². The third-order valence-electron chi connectivity index (χ3n) is 5.93. The first-order valence-corrected chi connectivity index (χ1v) is 11.7. The zero-order valence-corrected chi connectivity index (χ0v) is 21.2. The number of fused-ring (bicyclic) bond motifs is 1. The van der Waals surface area contributed by atoms with Gasteiger partial charge in [0.15, 0.2) is 5.65 Å². The average molecular weight is 445 g/mol. The second-order valence-corrected chi connectivity index (χ2v) is 9.91. The number of aryl methyl sites for hydroxylation is 2. The summed E-state index contributed by atoms with van der Waals surface area (Å²) in [6.07, 6.45) is 5.10. The van der Waals surface area contributed by atoms with E-state index >= 15 is 0 Å². The van der Waals surface area contributed by atoms with E-state index in [-0.39, 0.29) is 5.41 Å². The Morgan fingerprint density at radius 2 is 1.80 bits per heavy atom. The summed E-state index contributed by atoms with van der Waals surface area (Å²) in [6.45, 7) is 11.1. The molecule has 0 bridgehead atoms. The van der Waals surface area contributed by atoms with Crippen LogP contribution in [-0.2, 0) is 7.05 Å². The van der Waals surface area contributed by atoms with Crippen LogP contribution in [0.2, 0.25) is 0 Å². The van der Waals surface area contributed by atoms with Crippen LogP contribution in [0.5, 0.6) is 0 Å². The fraction of sp³-hybridized carbons (Fsp3) is 0.500. The van der Waals surface area contributed by atoms with E-state index in [0.29, 0.717) is 12.0 Å². The molecule has 2 N–H and O–H groups in total. The number of rotatable bonds is 8. The van der Waals surface area contributed by atoms with Crippen LogP contribution in [0.15, 0.2) is 18.3 Å². The van der Waals surface area contributed by atoms with Crippen molar-refractivity contribution in [1.82, 2.24) is 19.5 Å². The van der Waals surface area contributed by atoms with Gasteiger partial charge in [0, 0.05) is 13.1 Å². The third-order valence-corrected chi connectivity index (χ3v) is 6.84. The molecule has 0 spiro atoms. The van der Waals surface area contributed by atoms with Crippen molar-refractivity contribution in [3.8, 4) is 0 Å². The second kappa shape index (κ2) is 9.16. The lowest BCUT2D eigenvalue weighted by atomic mass is 9.80. The number of benzene rings is 1. The van der Waals surface area contributed by atoms with E-state index < -0.39 is 0 Å². The van der Waals surface area contributed by atoms with E-state index in [1.807, 2.05) is 11.6 Å². The summed E-state index contributed by atoms with van der Waals surface area (Å²) in [4.78, 5) is 14.1. The number of nitrogens with one attached hydrogen (secondary N) is 2. The van der Waals surface area contributed by atoms with E-state index in [1.54, 1.807) is 6.20 Å². The lowest BCUT2D eigenvalue weighted by Gasteiger charge is -2.34. The summed E-state index contributed by atoms with van der Waals surface area (Å²) >= 11 is 0. The minimum atomic E-state index is 0.170. The first-order chi connectivity index (χ1) is 14.2. The summed E-state index contributed by atoms with van der Waals surface area (Å²) in [5, 5.41) is 9.25. The zero-order valence-electron chi connectivity index (χ0n) is 18.9. The van der Waals surface area contributed by atoms with Gasteiger partial charge in [-0.1, -0.05) is 34.1 Å². The van der Waals surface area contributed by atoms with Crippen molar-refractivity contribution in [1.29, 1.82) is 0 Å². The molecule has 3 aromatic rings. The molecule has 8 heteroatoms. The molecule has 2 heterocycles. The van der Waals surface area contributed by atoms with Crippen molar-refractivity contribution >= 4 is 57.8 Å². The Kier molecular flexibility index (Phi) is 6.99. The molecular formula is C22H34N6P2. The molecule has 6 nitrogen and oxygen atoms in total. The van der Waals surface area contributed by atoms with Gasteiger partial charge in [0.1, 0.15) is 5.52 Å². The van der Waals surface area contributed by atoms with Gasteiger partial charge in [-0.3, -0.25) is 4.57 Å². The van der Waals surface area contributed by atoms with E-state index in [2.05, 4.69) is 80.8 Å². The second-order valence-electron chi connectivity index (χ2n) is 8.67. The van der Waals surface area contributed by atoms with Gasteiger partial charge in [-0.25, -0.2) is 9.97 Å². The van der Waals surface area contributed by atoms with Gasteiger partial charge >= 0.3 is 0 Å². The smallest absolute Gasteiger partial charge is 0.225 e. The van der Waals surface area contributed by atoms with Gasteiger partial charge in [-0.15, -0.1) is 18.5 Å². The Bertz CT molecular complexity index is 1020. The summed E-state index contributed by atoms with van der Waals surface area (Å²) in [5.41, 5.74) is 3.99. The largest absolute Gasteiger partial charge is 0.351 e. The molecule has 0 fully saturated rings. The van der Waals surface area contributed by atoms with Crippen LogP contribution >= 0.6 is 18.5 Å². The van der Waals surface area contributed by atoms with Crippen molar-refractivity contribution < 1.29 is 0 Å². The summed E-state index contributed by atoms with van der Waals surface area (Å²) in [5.74, 6) is 1.40. The molecule has 0 aliphatic carbocycles. The molecular weight excluding hydrogens is 410 g/mol. The third kappa shape index (κ3) is 4.76. The molecule has 3 unspecified atom stereocenters. The quantitative estimate of drug-likeness (QED) is 0.503. The van der Waals surface area contributed by atoms with Gasteiger partial charge in [-0.05, 0) is 53.5 Å². The number of hydrogen-bond acceptors (Lipinski definition) is 5. The molecule has 3 atom stereocenters. The SMILES string of the molecule is CCCC(Nc1ncc2nc(Nc3c(P)cc(C)cc3P)n(C)c2n1)C(C)(C)CC. The van der Waals surface area contributed by atoms with Gasteiger partial charge < -0.3 is 10.6 Å². The summed E-state index contributed by atoms with van der Waals surface area (Å²) in [7, 11) is 7.57. The average Bonchev–Trinajstić information content (AvgIpc) is 2.99. The molecule has 2 aromatic heterocycles. The predicted octanol–water partition coefficient (Wildman–Crippen LogP) is 4.43. The molecule has 0 aliphatic heterocycles. The van der Waals surface area contributed by atoms with E-state index in [1.165, 1.54) is 5.56 Å². The predicted molar refractivity (Wildman–Crippen MR) is 136 cm³/mol. The minimum Gasteiger partial charge on any atom is -0.351 e. The van der Waals surface area contributed by atoms with E-state index in [0.717, 1.165) is 52.7 Å². The van der Waals surface area contributed by atoms with Gasteiger partial charge in [0.25, 0.3) is 0 Å². The zero-order chi connectivity index (χ0) is 22.1. The highest BCUT2D eigenvalue weighted by atomic mass is 31.0. The number of aromatic nitrogens is 4. The van der Waals surface area contributed by atoms with Gasteiger partial charge in [-0.2, -0.15) is 4.98 Å². The molecule has 3 rings (SSSR count). The summed E-state index contributed by atoms with van der Waals surface area (Å²) in [6, 6.07) is 4.59. The van der Waals surface area contributed by atoms with Crippen molar-refractivity contribution in [3.05, 3.63) is 23.9 Å². The molecule has 30 heavy (non-hydrogen) atoms. The van der Waals surface area contributed by atoms with Crippen LogP contribution in [0.25, 0.3) is 11.2 Å². The normalized spacial score (nSPS) is 12.9. The number of anilines is 3. The van der Waals surface area contributed by atoms with Crippen LogP contribution in [0.1, 0.15) is 52.5 Å². The number of nitrogens with zero attached hydrogens (tertiary/aromatic N) is 4. The summed E-state index contributed by atoms with van der Waals surface area (Å²) < 4.78 is 1.98. The molecule has 0 aliphatic rings. The first-order valence-electron chi connectivity index (χ1n) is 10.5. The first kappa shape index (κ1) is 22.9. The monoisotopic (exact) mass is 444 g/mol. The molecule has 0 saturated carbocycles. The Morgan fingerprint density at radius 3 is 2.40 bits per heavy atom. The van der Waals surface area contributed by atoms with Crippen molar-refractivity contribution in [2.75, 3.05) is 10.6 Å². The maximum Gasteiger partial charge on any atom is 0.225 e. The van der Waals surface area contributed by atoms with E-state index in [9.17, 15) is 0 Å². The lowest BCUT2D eigenvalue weighted by molar-refractivity contribution is 0.277. The highest BCUT2D eigenvalue weighted by molar-refractivity contribution is 7.30. The fourth-order valence-electron chi connectivity index (χ4n) is 3.61. The van der Waals surface area contributed by atoms with Crippen molar-refractivity contribution in [2.45, 2.75) is 59.9 Å². The standard InChI is InChI=1S/C22H34N6P2/c1-7-9-17(22(4,5)8-2)25-20-23-12-14-19(27-20)28(6)21(24-14)26-18-15(29)10-13(3)11-16(18)30/h10-12,17H,7-9,29-30H2,1-6H3,(H,24,26)(H,23,25,27). The Morgan fingerprint density at radius 1 is 1.13 bits per heavy atom.